The van der Waals surface area contributed by atoms with Crippen molar-refractivity contribution in [3.63, 3.8) is 0 Å². The summed E-state index contributed by atoms with van der Waals surface area (Å²) >= 11 is 0. The van der Waals surface area contributed by atoms with Crippen LogP contribution in [0.2, 0.25) is 0 Å². The van der Waals surface area contributed by atoms with E-state index in [2.05, 4.69) is 5.32 Å². The van der Waals surface area contributed by atoms with E-state index in [-0.39, 0.29) is 11.9 Å². The van der Waals surface area contributed by atoms with Crippen molar-refractivity contribution in [1.82, 2.24) is 10.2 Å². The third-order valence-corrected chi connectivity index (χ3v) is 2.81. The largest absolute Gasteiger partial charge is 0.391 e. The van der Waals surface area contributed by atoms with Crippen LogP contribution in [0, 0.1) is 5.92 Å². The molecular weight excluding hydrogens is 192 g/mol. The molecule has 0 aromatic heterocycles. The topological polar surface area (TPSA) is 52.6 Å². The minimum absolute atomic E-state index is 0.0950. The smallest absolute Gasteiger partial charge is 0.317 e. The number of nitrogens with zero attached hydrogens (tertiary/aromatic N) is 1. The van der Waals surface area contributed by atoms with Gasteiger partial charge in [0.15, 0.2) is 0 Å². The molecule has 0 radical (unpaired) electrons. The molecule has 0 bridgehead atoms. The molecule has 2 unspecified atom stereocenters. The lowest BCUT2D eigenvalue weighted by Gasteiger charge is -2.22. The number of hydrogen-bond donors (Lipinski definition) is 2. The Kier molecular flexibility index (Phi) is 7.13. The van der Waals surface area contributed by atoms with Gasteiger partial charge < -0.3 is 15.3 Å². The van der Waals surface area contributed by atoms with Gasteiger partial charge in [-0.05, 0) is 19.8 Å². The molecule has 0 aliphatic rings. The summed E-state index contributed by atoms with van der Waals surface area (Å²) in [5.74, 6) is 0.224. The zero-order valence-corrected chi connectivity index (χ0v) is 10.3. The fraction of sp³-hybridized carbons (Fsp3) is 0.909. The van der Waals surface area contributed by atoms with E-state index in [0.29, 0.717) is 19.6 Å². The number of amides is 2. The highest BCUT2D eigenvalue weighted by Gasteiger charge is 2.15. The van der Waals surface area contributed by atoms with Gasteiger partial charge in [0, 0.05) is 19.6 Å². The molecule has 2 N–H and O–H groups in total. The molecular formula is C11H24N2O2. The molecule has 0 heterocycles. The Balaban J connectivity index is 3.89. The fourth-order valence-electron chi connectivity index (χ4n) is 1.29. The minimum Gasteiger partial charge on any atom is -0.391 e. The summed E-state index contributed by atoms with van der Waals surface area (Å²) < 4.78 is 0. The van der Waals surface area contributed by atoms with E-state index in [1.54, 1.807) is 4.90 Å². The van der Waals surface area contributed by atoms with E-state index in [4.69, 9.17) is 0 Å². The van der Waals surface area contributed by atoms with Crippen molar-refractivity contribution in [1.29, 1.82) is 0 Å². The normalized spacial score (nSPS) is 14.5. The number of nitrogens with one attached hydrogen (secondary N) is 1. The van der Waals surface area contributed by atoms with Gasteiger partial charge >= 0.3 is 6.03 Å². The van der Waals surface area contributed by atoms with Crippen LogP contribution in [0.1, 0.15) is 34.1 Å². The first-order valence-corrected chi connectivity index (χ1v) is 5.77. The lowest BCUT2D eigenvalue weighted by atomic mass is 10.0. The van der Waals surface area contributed by atoms with Gasteiger partial charge in [-0.2, -0.15) is 0 Å². The average molecular weight is 216 g/mol. The minimum atomic E-state index is -0.450. The van der Waals surface area contributed by atoms with Crippen LogP contribution in [-0.2, 0) is 0 Å². The van der Waals surface area contributed by atoms with Crippen molar-refractivity contribution in [2.75, 3.05) is 19.6 Å². The highest BCUT2D eigenvalue weighted by Crippen LogP contribution is 2.06. The van der Waals surface area contributed by atoms with E-state index >= 15 is 0 Å². The second kappa shape index (κ2) is 7.51. The van der Waals surface area contributed by atoms with Gasteiger partial charge in [-0.25, -0.2) is 4.79 Å². The Morgan fingerprint density at radius 3 is 2.27 bits per heavy atom. The maximum atomic E-state index is 11.5. The number of aliphatic hydroxyl groups is 1. The highest BCUT2D eigenvalue weighted by atomic mass is 16.3. The van der Waals surface area contributed by atoms with Crippen LogP contribution in [0.15, 0.2) is 0 Å². The Morgan fingerprint density at radius 2 is 1.87 bits per heavy atom. The van der Waals surface area contributed by atoms with E-state index in [0.717, 1.165) is 6.42 Å². The lowest BCUT2D eigenvalue weighted by Crippen LogP contribution is -2.43. The summed E-state index contributed by atoms with van der Waals surface area (Å²) in [5, 5.41) is 12.4. The van der Waals surface area contributed by atoms with Crippen LogP contribution in [0.3, 0.4) is 0 Å². The van der Waals surface area contributed by atoms with Crippen LogP contribution < -0.4 is 5.32 Å². The fourth-order valence-corrected chi connectivity index (χ4v) is 1.29. The van der Waals surface area contributed by atoms with Crippen LogP contribution in [0.4, 0.5) is 4.79 Å². The first-order valence-electron chi connectivity index (χ1n) is 5.77. The molecule has 2 atom stereocenters. The molecule has 0 spiro atoms. The van der Waals surface area contributed by atoms with Crippen molar-refractivity contribution in [2.45, 2.75) is 40.2 Å². The van der Waals surface area contributed by atoms with Crippen LogP contribution in [-0.4, -0.2) is 41.8 Å². The highest BCUT2D eigenvalue weighted by molar-refractivity contribution is 5.74. The van der Waals surface area contributed by atoms with Crippen LogP contribution >= 0.6 is 0 Å². The van der Waals surface area contributed by atoms with Gasteiger partial charge in [-0.15, -0.1) is 0 Å². The van der Waals surface area contributed by atoms with Gasteiger partial charge in [0.25, 0.3) is 0 Å². The van der Waals surface area contributed by atoms with E-state index in [1.807, 2.05) is 27.7 Å². The molecule has 0 aliphatic heterocycles. The van der Waals surface area contributed by atoms with E-state index in [1.165, 1.54) is 0 Å². The van der Waals surface area contributed by atoms with Crippen molar-refractivity contribution in [3.8, 4) is 0 Å². The number of aliphatic hydroxyl groups excluding tert-OH is 1. The van der Waals surface area contributed by atoms with Gasteiger partial charge in [0.2, 0.25) is 0 Å². The Morgan fingerprint density at radius 1 is 1.33 bits per heavy atom. The quantitative estimate of drug-likeness (QED) is 0.706. The second-order valence-electron chi connectivity index (χ2n) is 3.81. The number of carbonyl (C=O) groups is 1. The molecule has 0 aromatic rings. The SMILES string of the molecule is CCC(C)C(O)CNC(=O)N(CC)CC. The predicted molar refractivity (Wildman–Crippen MR) is 61.8 cm³/mol. The third-order valence-electron chi connectivity index (χ3n) is 2.81. The molecule has 0 saturated carbocycles. The maximum Gasteiger partial charge on any atom is 0.317 e. The molecule has 90 valence electrons. The monoisotopic (exact) mass is 216 g/mol. The molecule has 0 rings (SSSR count). The summed E-state index contributed by atoms with van der Waals surface area (Å²) in [6, 6.07) is -0.0950. The summed E-state index contributed by atoms with van der Waals surface area (Å²) in [7, 11) is 0. The molecule has 0 aliphatic carbocycles. The second-order valence-corrected chi connectivity index (χ2v) is 3.81. The molecule has 2 amide bonds. The summed E-state index contributed by atoms with van der Waals surface area (Å²) in [6.07, 6.45) is 0.469. The zero-order valence-electron chi connectivity index (χ0n) is 10.3. The molecule has 0 saturated heterocycles. The Bertz CT molecular complexity index is 181. The summed E-state index contributed by atoms with van der Waals surface area (Å²) in [5.41, 5.74) is 0. The Hall–Kier alpha value is -0.770. The maximum absolute atomic E-state index is 11.5. The van der Waals surface area contributed by atoms with E-state index < -0.39 is 6.10 Å². The number of rotatable bonds is 6. The van der Waals surface area contributed by atoms with Crippen molar-refractivity contribution in [3.05, 3.63) is 0 Å². The third kappa shape index (κ3) is 5.02. The van der Waals surface area contributed by atoms with Gasteiger partial charge in [0.1, 0.15) is 0 Å². The van der Waals surface area contributed by atoms with E-state index in [9.17, 15) is 9.90 Å². The van der Waals surface area contributed by atoms with Crippen molar-refractivity contribution >= 4 is 6.03 Å². The summed E-state index contributed by atoms with van der Waals surface area (Å²) in [4.78, 5) is 13.2. The van der Waals surface area contributed by atoms with Crippen molar-refractivity contribution < 1.29 is 9.90 Å². The van der Waals surface area contributed by atoms with Crippen molar-refractivity contribution in [2.24, 2.45) is 5.92 Å². The lowest BCUT2D eigenvalue weighted by molar-refractivity contribution is 0.111. The van der Waals surface area contributed by atoms with Gasteiger partial charge in [-0.1, -0.05) is 20.3 Å². The number of urea groups is 1. The predicted octanol–water partition coefficient (Wildman–Crippen LogP) is 1.44. The van der Waals surface area contributed by atoms with Crippen LogP contribution in [0.25, 0.3) is 0 Å². The first kappa shape index (κ1) is 14.2. The Labute approximate surface area is 92.7 Å². The zero-order chi connectivity index (χ0) is 11.8. The number of carbonyl (C=O) groups excluding carboxylic acids is 1. The molecule has 0 aromatic carbocycles. The standard InChI is InChI=1S/C11H24N2O2/c1-5-9(4)10(14)8-12-11(15)13(6-2)7-3/h9-10,14H,5-8H2,1-4H3,(H,12,15). The number of hydrogen-bond acceptors (Lipinski definition) is 2. The summed E-state index contributed by atoms with van der Waals surface area (Å²) in [6.45, 7) is 9.62. The molecule has 0 fully saturated rings. The van der Waals surface area contributed by atoms with Crippen LogP contribution in [0.5, 0.6) is 0 Å². The van der Waals surface area contributed by atoms with Gasteiger partial charge in [-0.3, -0.25) is 0 Å². The molecule has 15 heavy (non-hydrogen) atoms. The van der Waals surface area contributed by atoms with Gasteiger partial charge in [0.05, 0.1) is 6.10 Å². The molecule has 4 heteroatoms. The first-order chi connectivity index (χ1) is 7.06. The average Bonchev–Trinajstić information content (AvgIpc) is 2.26. The molecule has 4 nitrogen and oxygen atoms in total.